The summed E-state index contributed by atoms with van der Waals surface area (Å²) in [5, 5.41) is 5.20. The molecular weight excluding hydrogens is 218 g/mol. The highest BCUT2D eigenvalue weighted by atomic mass is 32.1. The van der Waals surface area contributed by atoms with Crippen LogP contribution in [0, 0.1) is 11.8 Å². The summed E-state index contributed by atoms with van der Waals surface area (Å²) < 4.78 is 1.75. The van der Waals surface area contributed by atoms with E-state index < -0.39 is 0 Å². The summed E-state index contributed by atoms with van der Waals surface area (Å²) in [6, 6.07) is 0. The van der Waals surface area contributed by atoms with Gasteiger partial charge in [-0.25, -0.2) is 4.98 Å². The van der Waals surface area contributed by atoms with Crippen LogP contribution in [0.3, 0.4) is 0 Å². The Kier molecular flexibility index (Phi) is 3.07. The second kappa shape index (κ2) is 4.50. The van der Waals surface area contributed by atoms with Crippen LogP contribution < -0.4 is 0 Å². The molecule has 0 aliphatic carbocycles. The summed E-state index contributed by atoms with van der Waals surface area (Å²) in [4.78, 5) is 5.34. The number of hydrogen-bond acceptors (Lipinski definition) is 3. The Hall–Kier alpha value is -1.60. The van der Waals surface area contributed by atoms with E-state index in [1.807, 2.05) is 19.4 Å². The molecule has 82 valence electrons. The molecule has 4 heteroatoms. The summed E-state index contributed by atoms with van der Waals surface area (Å²) >= 11 is 1.66. The van der Waals surface area contributed by atoms with E-state index in [2.05, 4.69) is 35.8 Å². The molecule has 0 amide bonds. The summed E-state index contributed by atoms with van der Waals surface area (Å²) in [6.07, 6.45) is 5.50. The molecule has 0 aliphatic rings. The van der Waals surface area contributed by atoms with Gasteiger partial charge < -0.3 is 0 Å². The molecule has 0 saturated carbocycles. The standard InChI is InChI=1S/C12H13N3S/c1-9(2)12-13-7-11(16-12)5-4-10-6-14-15(3)8-10/h6-9H,1-3H3. The van der Waals surface area contributed by atoms with Crippen LogP contribution in [-0.4, -0.2) is 14.8 Å². The van der Waals surface area contributed by atoms with Gasteiger partial charge in [0.1, 0.15) is 0 Å². The lowest BCUT2D eigenvalue weighted by Gasteiger charge is -1.94. The first-order chi connectivity index (χ1) is 7.65. The van der Waals surface area contributed by atoms with Crippen molar-refractivity contribution < 1.29 is 0 Å². The molecule has 16 heavy (non-hydrogen) atoms. The highest BCUT2D eigenvalue weighted by Gasteiger charge is 2.03. The van der Waals surface area contributed by atoms with Gasteiger partial charge in [0.2, 0.25) is 0 Å². The maximum Gasteiger partial charge on any atom is 0.0973 e. The van der Waals surface area contributed by atoms with E-state index in [1.165, 1.54) is 0 Å². The second-order valence-corrected chi connectivity index (χ2v) is 4.93. The zero-order valence-corrected chi connectivity index (χ0v) is 10.4. The molecule has 0 N–H and O–H groups in total. The largest absolute Gasteiger partial charge is 0.275 e. The highest BCUT2D eigenvalue weighted by molar-refractivity contribution is 7.12. The number of rotatable bonds is 1. The predicted octanol–water partition coefficient (Wildman–Crippen LogP) is 2.40. The van der Waals surface area contributed by atoms with Gasteiger partial charge in [-0.15, -0.1) is 11.3 Å². The molecule has 2 rings (SSSR count). The van der Waals surface area contributed by atoms with Crippen molar-refractivity contribution >= 4 is 11.3 Å². The summed E-state index contributed by atoms with van der Waals surface area (Å²) in [5.41, 5.74) is 0.932. The zero-order valence-electron chi connectivity index (χ0n) is 9.56. The van der Waals surface area contributed by atoms with E-state index in [0.717, 1.165) is 15.4 Å². The fourth-order valence-corrected chi connectivity index (χ4v) is 2.01. The third-order valence-electron chi connectivity index (χ3n) is 2.05. The average Bonchev–Trinajstić information content (AvgIpc) is 2.83. The molecule has 0 aromatic carbocycles. The lowest BCUT2D eigenvalue weighted by atomic mass is 10.2. The molecule has 0 atom stereocenters. The number of nitrogens with zero attached hydrogens (tertiary/aromatic N) is 3. The van der Waals surface area contributed by atoms with Crippen molar-refractivity contribution in [2.45, 2.75) is 19.8 Å². The Balaban J connectivity index is 2.17. The maximum atomic E-state index is 4.33. The van der Waals surface area contributed by atoms with Gasteiger partial charge in [0.25, 0.3) is 0 Å². The number of hydrogen-bond donors (Lipinski definition) is 0. The molecular formula is C12H13N3S. The van der Waals surface area contributed by atoms with Crippen LogP contribution in [0.2, 0.25) is 0 Å². The minimum atomic E-state index is 0.471. The molecule has 2 aromatic rings. The van der Waals surface area contributed by atoms with Crippen molar-refractivity contribution in [2.75, 3.05) is 0 Å². The first-order valence-electron chi connectivity index (χ1n) is 5.11. The SMILES string of the molecule is CC(C)c1ncc(C#Cc2cnn(C)c2)s1. The Morgan fingerprint density at radius 2 is 2.12 bits per heavy atom. The molecule has 0 aliphatic heterocycles. The Bertz CT molecular complexity index is 540. The van der Waals surface area contributed by atoms with Gasteiger partial charge in [0.15, 0.2) is 0 Å². The minimum absolute atomic E-state index is 0.471. The molecule has 2 aromatic heterocycles. The van der Waals surface area contributed by atoms with Crippen LogP contribution in [0.5, 0.6) is 0 Å². The van der Waals surface area contributed by atoms with E-state index in [9.17, 15) is 0 Å². The van der Waals surface area contributed by atoms with E-state index >= 15 is 0 Å². The van der Waals surface area contributed by atoms with Gasteiger partial charge in [0.05, 0.1) is 27.8 Å². The topological polar surface area (TPSA) is 30.7 Å². The van der Waals surface area contributed by atoms with Crippen LogP contribution in [0.25, 0.3) is 0 Å². The number of aryl methyl sites for hydroxylation is 1. The van der Waals surface area contributed by atoms with E-state index in [-0.39, 0.29) is 0 Å². The van der Waals surface area contributed by atoms with Crippen LogP contribution in [0.15, 0.2) is 18.6 Å². The zero-order chi connectivity index (χ0) is 11.5. The van der Waals surface area contributed by atoms with Crippen molar-refractivity contribution in [2.24, 2.45) is 7.05 Å². The first-order valence-corrected chi connectivity index (χ1v) is 5.93. The van der Waals surface area contributed by atoms with Gasteiger partial charge >= 0.3 is 0 Å². The molecule has 0 fully saturated rings. The van der Waals surface area contributed by atoms with Crippen molar-refractivity contribution in [1.29, 1.82) is 0 Å². The minimum Gasteiger partial charge on any atom is -0.275 e. The van der Waals surface area contributed by atoms with Crippen LogP contribution >= 0.6 is 11.3 Å². The molecule has 0 unspecified atom stereocenters. The van der Waals surface area contributed by atoms with Gasteiger partial charge in [0, 0.05) is 19.2 Å². The van der Waals surface area contributed by atoms with Gasteiger partial charge in [-0.2, -0.15) is 5.10 Å². The van der Waals surface area contributed by atoms with Gasteiger partial charge in [-0.1, -0.05) is 19.8 Å². The van der Waals surface area contributed by atoms with Crippen LogP contribution in [-0.2, 0) is 7.05 Å². The van der Waals surface area contributed by atoms with Crippen LogP contribution in [0.4, 0.5) is 0 Å². The summed E-state index contributed by atoms with van der Waals surface area (Å²) in [6.45, 7) is 4.27. The Morgan fingerprint density at radius 1 is 1.31 bits per heavy atom. The smallest absolute Gasteiger partial charge is 0.0973 e. The lowest BCUT2D eigenvalue weighted by Crippen LogP contribution is -1.83. The quantitative estimate of drug-likeness (QED) is 0.706. The first kappa shape index (κ1) is 10.9. The van der Waals surface area contributed by atoms with Crippen molar-refractivity contribution in [1.82, 2.24) is 14.8 Å². The lowest BCUT2D eigenvalue weighted by molar-refractivity contribution is 0.767. The molecule has 2 heterocycles. The normalized spacial score (nSPS) is 10.2. The van der Waals surface area contributed by atoms with E-state index in [1.54, 1.807) is 22.2 Å². The van der Waals surface area contributed by atoms with Crippen molar-refractivity contribution in [3.05, 3.63) is 34.0 Å². The fraction of sp³-hybridized carbons (Fsp3) is 0.333. The van der Waals surface area contributed by atoms with Gasteiger partial charge in [-0.3, -0.25) is 4.68 Å². The monoisotopic (exact) mass is 231 g/mol. The van der Waals surface area contributed by atoms with E-state index in [4.69, 9.17) is 0 Å². The summed E-state index contributed by atoms with van der Waals surface area (Å²) in [5.74, 6) is 6.64. The third-order valence-corrected chi connectivity index (χ3v) is 3.27. The van der Waals surface area contributed by atoms with Crippen LogP contribution in [0.1, 0.15) is 35.2 Å². The molecule has 0 radical (unpaired) electrons. The Morgan fingerprint density at radius 3 is 2.69 bits per heavy atom. The molecule has 3 nitrogen and oxygen atoms in total. The average molecular weight is 231 g/mol. The predicted molar refractivity (Wildman–Crippen MR) is 65.4 cm³/mol. The van der Waals surface area contributed by atoms with Gasteiger partial charge in [-0.05, 0) is 5.92 Å². The number of aromatic nitrogens is 3. The second-order valence-electron chi connectivity index (χ2n) is 3.87. The van der Waals surface area contributed by atoms with Crippen molar-refractivity contribution in [3.63, 3.8) is 0 Å². The molecule has 0 spiro atoms. The Labute approximate surface area is 99.1 Å². The maximum absolute atomic E-state index is 4.33. The third kappa shape index (κ3) is 2.50. The fourth-order valence-electron chi connectivity index (χ4n) is 1.23. The molecule has 0 bridgehead atoms. The highest BCUT2D eigenvalue weighted by Crippen LogP contribution is 2.20. The summed E-state index contributed by atoms with van der Waals surface area (Å²) in [7, 11) is 1.88. The number of thiazole rings is 1. The van der Waals surface area contributed by atoms with Crippen molar-refractivity contribution in [3.8, 4) is 11.8 Å². The van der Waals surface area contributed by atoms with E-state index in [0.29, 0.717) is 5.92 Å². The molecule has 0 saturated heterocycles.